The van der Waals surface area contributed by atoms with E-state index in [0.717, 1.165) is 34.1 Å². The number of halogens is 1. The van der Waals surface area contributed by atoms with Crippen molar-refractivity contribution >= 4 is 44.3 Å². The zero-order valence-electron chi connectivity index (χ0n) is 17.3. The van der Waals surface area contributed by atoms with Gasteiger partial charge in [-0.1, -0.05) is 28.1 Å². The van der Waals surface area contributed by atoms with E-state index in [1.807, 2.05) is 29.2 Å². The van der Waals surface area contributed by atoms with E-state index in [1.165, 1.54) is 0 Å². The SMILES string of the molecule is O=C(CCCc1nc(-c2ccc(Cl)cc2)no1)N1CCN(c2nc3cccnc3s2)CC1. The second kappa shape index (κ2) is 9.22. The maximum absolute atomic E-state index is 12.6. The van der Waals surface area contributed by atoms with Gasteiger partial charge in [0, 0.05) is 55.8 Å². The molecule has 0 unspecified atom stereocenters. The summed E-state index contributed by atoms with van der Waals surface area (Å²) < 4.78 is 5.33. The molecule has 8 nitrogen and oxygen atoms in total. The van der Waals surface area contributed by atoms with Gasteiger partial charge < -0.3 is 14.3 Å². The lowest BCUT2D eigenvalue weighted by Crippen LogP contribution is -2.48. The highest BCUT2D eigenvalue weighted by Gasteiger charge is 2.23. The molecule has 32 heavy (non-hydrogen) atoms. The second-order valence-electron chi connectivity index (χ2n) is 7.56. The van der Waals surface area contributed by atoms with E-state index >= 15 is 0 Å². The molecule has 4 heterocycles. The lowest BCUT2D eigenvalue weighted by molar-refractivity contribution is -0.131. The molecular weight excluding hydrogens is 448 g/mol. The number of carbonyl (C=O) groups is 1. The van der Waals surface area contributed by atoms with Gasteiger partial charge in [-0.2, -0.15) is 4.98 Å². The van der Waals surface area contributed by atoms with Crippen LogP contribution in [0.5, 0.6) is 0 Å². The van der Waals surface area contributed by atoms with Crippen molar-refractivity contribution < 1.29 is 9.32 Å². The minimum atomic E-state index is 0.160. The number of rotatable bonds is 6. The van der Waals surface area contributed by atoms with Crippen LogP contribution in [0.1, 0.15) is 18.7 Å². The molecule has 0 saturated carbocycles. The summed E-state index contributed by atoms with van der Waals surface area (Å²) in [5, 5.41) is 5.65. The van der Waals surface area contributed by atoms with Crippen LogP contribution in [0.3, 0.4) is 0 Å². The highest BCUT2D eigenvalue weighted by atomic mass is 35.5. The van der Waals surface area contributed by atoms with Crippen LogP contribution in [-0.4, -0.2) is 57.1 Å². The summed E-state index contributed by atoms with van der Waals surface area (Å²) >= 11 is 7.51. The molecule has 10 heteroatoms. The Morgan fingerprint density at radius 3 is 2.69 bits per heavy atom. The maximum Gasteiger partial charge on any atom is 0.226 e. The fourth-order valence-electron chi connectivity index (χ4n) is 3.66. The first kappa shape index (κ1) is 20.8. The Morgan fingerprint density at radius 2 is 1.91 bits per heavy atom. The summed E-state index contributed by atoms with van der Waals surface area (Å²) in [4.78, 5) is 31.2. The van der Waals surface area contributed by atoms with Gasteiger partial charge in [0.15, 0.2) is 5.13 Å². The molecule has 1 saturated heterocycles. The Hall–Kier alpha value is -3.04. The molecule has 1 aromatic carbocycles. The van der Waals surface area contributed by atoms with Crippen LogP contribution in [0.15, 0.2) is 47.1 Å². The molecule has 0 bridgehead atoms. The highest BCUT2D eigenvalue weighted by molar-refractivity contribution is 7.21. The van der Waals surface area contributed by atoms with Crippen LogP contribution in [0, 0.1) is 0 Å². The Morgan fingerprint density at radius 1 is 1.09 bits per heavy atom. The van der Waals surface area contributed by atoms with Crippen molar-refractivity contribution in [2.75, 3.05) is 31.1 Å². The summed E-state index contributed by atoms with van der Waals surface area (Å²) in [5.41, 5.74) is 1.77. The van der Waals surface area contributed by atoms with E-state index < -0.39 is 0 Å². The minimum Gasteiger partial charge on any atom is -0.344 e. The average Bonchev–Trinajstić information content (AvgIpc) is 3.47. The van der Waals surface area contributed by atoms with E-state index in [0.29, 0.717) is 49.1 Å². The van der Waals surface area contributed by atoms with Crippen LogP contribution >= 0.6 is 22.9 Å². The van der Waals surface area contributed by atoms with Gasteiger partial charge in [0.25, 0.3) is 0 Å². The number of carbonyl (C=O) groups excluding carboxylic acids is 1. The smallest absolute Gasteiger partial charge is 0.226 e. The standard InChI is InChI=1S/C22H21ClN6O2S/c23-16-8-6-15(7-9-16)20-26-18(31-27-20)4-1-5-19(30)28-11-13-29(14-12-28)22-25-17-3-2-10-24-21(17)32-22/h2-3,6-10H,1,4-5,11-14H2. The van der Waals surface area contributed by atoms with Gasteiger partial charge >= 0.3 is 0 Å². The first-order valence-electron chi connectivity index (χ1n) is 10.5. The second-order valence-corrected chi connectivity index (χ2v) is 8.96. The van der Waals surface area contributed by atoms with Crippen molar-refractivity contribution in [1.82, 2.24) is 25.0 Å². The van der Waals surface area contributed by atoms with E-state index in [1.54, 1.807) is 29.7 Å². The molecule has 0 radical (unpaired) electrons. The molecule has 5 rings (SSSR count). The monoisotopic (exact) mass is 468 g/mol. The predicted octanol–water partition coefficient (Wildman–Crippen LogP) is 4.07. The highest BCUT2D eigenvalue weighted by Crippen LogP contribution is 2.27. The summed E-state index contributed by atoms with van der Waals surface area (Å²) in [6.45, 7) is 2.95. The Bertz CT molecular complexity index is 1180. The summed E-state index contributed by atoms with van der Waals surface area (Å²) in [6.07, 6.45) is 3.49. The number of fused-ring (bicyclic) bond motifs is 1. The minimum absolute atomic E-state index is 0.160. The zero-order chi connectivity index (χ0) is 21.9. The number of amides is 1. The Balaban J connectivity index is 1.09. The van der Waals surface area contributed by atoms with Crippen molar-refractivity contribution in [1.29, 1.82) is 0 Å². The molecule has 1 aliphatic heterocycles. The number of hydrogen-bond donors (Lipinski definition) is 0. The number of hydrogen-bond acceptors (Lipinski definition) is 8. The van der Waals surface area contributed by atoms with Crippen molar-refractivity contribution in [3.8, 4) is 11.4 Å². The largest absolute Gasteiger partial charge is 0.344 e. The van der Waals surface area contributed by atoms with Gasteiger partial charge in [0.2, 0.25) is 17.6 Å². The van der Waals surface area contributed by atoms with Crippen LogP contribution in [0.4, 0.5) is 5.13 Å². The van der Waals surface area contributed by atoms with Crippen molar-refractivity contribution in [2.45, 2.75) is 19.3 Å². The summed E-state index contributed by atoms with van der Waals surface area (Å²) in [6, 6.07) is 11.2. The molecule has 3 aromatic heterocycles. The third-order valence-electron chi connectivity index (χ3n) is 5.41. The van der Waals surface area contributed by atoms with E-state index in [9.17, 15) is 4.79 Å². The number of aromatic nitrogens is 4. The average molecular weight is 469 g/mol. The zero-order valence-corrected chi connectivity index (χ0v) is 18.8. The van der Waals surface area contributed by atoms with Crippen LogP contribution in [0.25, 0.3) is 21.7 Å². The fraction of sp³-hybridized carbons (Fsp3) is 0.318. The Labute approximate surface area is 193 Å². The normalized spacial score (nSPS) is 14.3. The molecule has 164 valence electrons. The molecule has 0 atom stereocenters. The molecule has 1 amide bonds. The summed E-state index contributed by atoms with van der Waals surface area (Å²) in [7, 11) is 0. The fourth-order valence-corrected chi connectivity index (χ4v) is 4.75. The number of thiazole rings is 1. The van der Waals surface area contributed by atoms with Crippen molar-refractivity contribution in [2.24, 2.45) is 0 Å². The number of piperazine rings is 1. The van der Waals surface area contributed by atoms with Crippen LogP contribution in [-0.2, 0) is 11.2 Å². The van der Waals surface area contributed by atoms with Gasteiger partial charge in [-0.15, -0.1) is 0 Å². The lowest BCUT2D eigenvalue weighted by atomic mass is 10.2. The molecule has 4 aromatic rings. The number of aryl methyl sites for hydroxylation is 1. The van der Waals surface area contributed by atoms with E-state index in [2.05, 4.69) is 25.0 Å². The van der Waals surface area contributed by atoms with Crippen LogP contribution in [0.2, 0.25) is 5.02 Å². The van der Waals surface area contributed by atoms with Crippen molar-refractivity contribution in [3.05, 3.63) is 53.5 Å². The molecule has 1 aliphatic rings. The lowest BCUT2D eigenvalue weighted by Gasteiger charge is -2.34. The quantitative estimate of drug-likeness (QED) is 0.421. The first-order chi connectivity index (χ1) is 15.7. The number of nitrogens with zero attached hydrogens (tertiary/aromatic N) is 6. The summed E-state index contributed by atoms with van der Waals surface area (Å²) in [5.74, 6) is 1.23. The number of pyridine rings is 1. The van der Waals surface area contributed by atoms with Gasteiger partial charge in [0.1, 0.15) is 10.3 Å². The molecule has 1 fully saturated rings. The predicted molar refractivity (Wildman–Crippen MR) is 124 cm³/mol. The van der Waals surface area contributed by atoms with E-state index in [-0.39, 0.29) is 5.91 Å². The van der Waals surface area contributed by atoms with Gasteiger partial charge in [-0.25, -0.2) is 9.97 Å². The van der Waals surface area contributed by atoms with Gasteiger partial charge in [-0.3, -0.25) is 4.79 Å². The third kappa shape index (κ3) is 4.58. The maximum atomic E-state index is 12.6. The first-order valence-corrected chi connectivity index (χ1v) is 11.7. The molecule has 0 spiro atoms. The number of anilines is 1. The van der Waals surface area contributed by atoms with Crippen LogP contribution < -0.4 is 4.90 Å². The van der Waals surface area contributed by atoms with Crippen molar-refractivity contribution in [3.63, 3.8) is 0 Å². The molecule has 0 aliphatic carbocycles. The topological polar surface area (TPSA) is 88.3 Å². The third-order valence-corrected chi connectivity index (χ3v) is 6.70. The number of benzene rings is 1. The Kier molecular flexibility index (Phi) is 6.00. The molecular formula is C22H21ClN6O2S. The van der Waals surface area contributed by atoms with Gasteiger partial charge in [-0.05, 0) is 42.8 Å². The van der Waals surface area contributed by atoms with Gasteiger partial charge in [0.05, 0.1) is 0 Å². The van der Waals surface area contributed by atoms with E-state index in [4.69, 9.17) is 16.1 Å². The molecule has 0 N–H and O–H groups in total.